The Morgan fingerprint density at radius 2 is 1.75 bits per heavy atom. The summed E-state index contributed by atoms with van der Waals surface area (Å²) in [5.41, 5.74) is 2.72. The molecule has 0 bridgehead atoms. The number of piperazine rings is 1. The fourth-order valence-electron chi connectivity index (χ4n) is 3.68. The van der Waals surface area contributed by atoms with Gasteiger partial charge >= 0.3 is 0 Å². The number of hydrogen-bond donors (Lipinski definition) is 1. The maximum atomic E-state index is 12.2. The van der Waals surface area contributed by atoms with Crippen molar-refractivity contribution < 1.29 is 9.32 Å². The number of rotatable bonds is 7. The maximum Gasteiger partial charge on any atom is 0.226 e. The molecule has 28 heavy (non-hydrogen) atoms. The molecule has 1 aliphatic heterocycles. The van der Waals surface area contributed by atoms with Crippen molar-refractivity contribution in [2.75, 3.05) is 44.2 Å². The Morgan fingerprint density at radius 1 is 1.00 bits per heavy atom. The number of amides is 1. The lowest BCUT2D eigenvalue weighted by molar-refractivity contribution is -0.120. The van der Waals surface area contributed by atoms with Gasteiger partial charge < -0.3 is 14.7 Å². The van der Waals surface area contributed by atoms with E-state index in [1.54, 1.807) is 0 Å². The van der Waals surface area contributed by atoms with Crippen LogP contribution in [0.2, 0.25) is 0 Å². The van der Waals surface area contributed by atoms with Gasteiger partial charge in [-0.2, -0.15) is 0 Å². The molecule has 0 unspecified atom stereocenters. The number of aromatic nitrogens is 1. The fraction of sp³-hybridized carbons (Fsp3) is 0.364. The summed E-state index contributed by atoms with van der Waals surface area (Å²) in [6.45, 7) is 5.93. The molecule has 6 heteroatoms. The molecule has 1 aromatic heterocycles. The number of hydrogen-bond acceptors (Lipinski definition) is 5. The number of benzene rings is 2. The minimum absolute atomic E-state index is 0.00653. The summed E-state index contributed by atoms with van der Waals surface area (Å²) in [6, 6.07) is 18.2. The molecule has 2 heterocycles. The molecular formula is C22H26N4O2. The molecule has 0 spiro atoms. The Kier molecular flexibility index (Phi) is 5.87. The van der Waals surface area contributed by atoms with Gasteiger partial charge in [-0.1, -0.05) is 35.5 Å². The summed E-state index contributed by atoms with van der Waals surface area (Å²) in [6.07, 6.45) is 1.21. The largest absolute Gasteiger partial charge is 0.369 e. The zero-order chi connectivity index (χ0) is 19.2. The lowest BCUT2D eigenvalue weighted by Crippen LogP contribution is -2.47. The molecule has 2 aromatic carbocycles. The van der Waals surface area contributed by atoms with E-state index in [1.165, 1.54) is 5.69 Å². The highest BCUT2D eigenvalue weighted by Crippen LogP contribution is 2.18. The van der Waals surface area contributed by atoms with Gasteiger partial charge in [0.25, 0.3) is 0 Å². The van der Waals surface area contributed by atoms with Gasteiger partial charge in [0.15, 0.2) is 5.58 Å². The van der Waals surface area contributed by atoms with Crippen LogP contribution >= 0.6 is 0 Å². The van der Waals surface area contributed by atoms with E-state index in [-0.39, 0.29) is 12.3 Å². The van der Waals surface area contributed by atoms with Crippen LogP contribution in [0.3, 0.4) is 0 Å². The third-order valence-electron chi connectivity index (χ3n) is 5.25. The summed E-state index contributed by atoms with van der Waals surface area (Å²) in [5.74, 6) is -0.00653. The summed E-state index contributed by atoms with van der Waals surface area (Å²) < 4.78 is 5.25. The lowest BCUT2D eigenvalue weighted by Gasteiger charge is -2.36. The number of para-hydroxylation sites is 2. The van der Waals surface area contributed by atoms with Crippen LogP contribution in [-0.2, 0) is 11.2 Å². The van der Waals surface area contributed by atoms with E-state index in [9.17, 15) is 4.79 Å². The van der Waals surface area contributed by atoms with Gasteiger partial charge in [0, 0.05) is 43.8 Å². The summed E-state index contributed by atoms with van der Waals surface area (Å²) >= 11 is 0. The Labute approximate surface area is 165 Å². The van der Waals surface area contributed by atoms with Crippen LogP contribution in [0.15, 0.2) is 59.1 Å². The van der Waals surface area contributed by atoms with Crippen molar-refractivity contribution in [3.05, 3.63) is 60.3 Å². The lowest BCUT2D eigenvalue weighted by atomic mass is 10.1. The number of carbonyl (C=O) groups excluding carboxylic acids is 1. The molecule has 1 N–H and O–H groups in total. The van der Waals surface area contributed by atoms with Gasteiger partial charge in [0.1, 0.15) is 5.69 Å². The van der Waals surface area contributed by atoms with Crippen LogP contribution in [0.5, 0.6) is 0 Å². The van der Waals surface area contributed by atoms with Crippen molar-refractivity contribution in [1.82, 2.24) is 15.4 Å². The van der Waals surface area contributed by atoms with E-state index in [0.29, 0.717) is 12.2 Å². The Hall–Kier alpha value is -2.86. The second kappa shape index (κ2) is 8.89. The van der Waals surface area contributed by atoms with Crippen molar-refractivity contribution >= 4 is 22.6 Å². The molecule has 146 valence electrons. The molecule has 1 amide bonds. The number of carbonyl (C=O) groups is 1. The third kappa shape index (κ3) is 4.51. The van der Waals surface area contributed by atoms with Crippen molar-refractivity contribution in [1.29, 1.82) is 0 Å². The predicted molar refractivity (Wildman–Crippen MR) is 110 cm³/mol. The zero-order valence-electron chi connectivity index (χ0n) is 16.0. The second-order valence-electron chi connectivity index (χ2n) is 7.17. The predicted octanol–water partition coefficient (Wildman–Crippen LogP) is 2.70. The molecule has 1 fully saturated rings. The quantitative estimate of drug-likeness (QED) is 0.641. The molecular weight excluding hydrogens is 352 g/mol. The molecule has 0 aliphatic carbocycles. The minimum atomic E-state index is -0.00653. The molecule has 3 aromatic rings. The van der Waals surface area contributed by atoms with Crippen LogP contribution in [-0.4, -0.2) is 55.2 Å². The highest BCUT2D eigenvalue weighted by Gasteiger charge is 2.17. The SMILES string of the molecule is O=C(Cc1noc2ccccc12)NCCCN1CCN(c2ccccc2)CC1. The van der Waals surface area contributed by atoms with Crippen molar-refractivity contribution in [2.24, 2.45) is 0 Å². The Balaban J connectivity index is 1.15. The molecule has 0 atom stereocenters. The standard InChI is InChI=1S/C22H26N4O2/c27-22(17-20-19-9-4-5-10-21(19)28-24-20)23-11-6-12-25-13-15-26(16-14-25)18-7-2-1-3-8-18/h1-5,7-10H,6,11-17H2,(H,23,27). The van der Waals surface area contributed by atoms with Crippen LogP contribution in [0.1, 0.15) is 12.1 Å². The number of fused-ring (bicyclic) bond motifs is 1. The van der Waals surface area contributed by atoms with Crippen molar-refractivity contribution in [2.45, 2.75) is 12.8 Å². The van der Waals surface area contributed by atoms with E-state index in [1.807, 2.05) is 24.3 Å². The first-order valence-corrected chi connectivity index (χ1v) is 9.92. The smallest absolute Gasteiger partial charge is 0.226 e. The van der Waals surface area contributed by atoms with Gasteiger partial charge in [-0.05, 0) is 37.2 Å². The molecule has 1 saturated heterocycles. The van der Waals surface area contributed by atoms with E-state index in [4.69, 9.17) is 4.52 Å². The van der Waals surface area contributed by atoms with E-state index in [2.05, 4.69) is 50.6 Å². The van der Waals surface area contributed by atoms with Gasteiger partial charge in [-0.25, -0.2) is 0 Å². The number of nitrogens with one attached hydrogen (secondary N) is 1. The second-order valence-corrected chi connectivity index (χ2v) is 7.17. The normalized spacial score (nSPS) is 15.1. The minimum Gasteiger partial charge on any atom is -0.369 e. The Morgan fingerprint density at radius 3 is 2.57 bits per heavy atom. The topological polar surface area (TPSA) is 61.6 Å². The Bertz CT molecular complexity index is 901. The van der Waals surface area contributed by atoms with Gasteiger partial charge in [0.2, 0.25) is 5.91 Å². The first-order valence-electron chi connectivity index (χ1n) is 9.92. The summed E-state index contributed by atoms with van der Waals surface area (Å²) in [4.78, 5) is 17.1. The van der Waals surface area contributed by atoms with Crippen molar-refractivity contribution in [3.63, 3.8) is 0 Å². The van der Waals surface area contributed by atoms with Gasteiger partial charge in [0.05, 0.1) is 6.42 Å². The number of nitrogens with zero attached hydrogens (tertiary/aromatic N) is 3. The first kappa shape index (κ1) is 18.5. The van der Waals surface area contributed by atoms with Gasteiger partial charge in [-0.3, -0.25) is 9.69 Å². The van der Waals surface area contributed by atoms with Gasteiger partial charge in [-0.15, -0.1) is 0 Å². The van der Waals surface area contributed by atoms with E-state index in [0.717, 1.165) is 50.1 Å². The molecule has 6 nitrogen and oxygen atoms in total. The average Bonchev–Trinajstić information content (AvgIpc) is 3.15. The van der Waals surface area contributed by atoms with Crippen LogP contribution in [0.25, 0.3) is 11.0 Å². The highest BCUT2D eigenvalue weighted by molar-refractivity contribution is 5.86. The number of anilines is 1. The average molecular weight is 378 g/mol. The monoisotopic (exact) mass is 378 g/mol. The van der Waals surface area contributed by atoms with E-state index >= 15 is 0 Å². The van der Waals surface area contributed by atoms with Crippen LogP contribution in [0.4, 0.5) is 5.69 Å². The van der Waals surface area contributed by atoms with E-state index < -0.39 is 0 Å². The third-order valence-corrected chi connectivity index (χ3v) is 5.25. The summed E-state index contributed by atoms with van der Waals surface area (Å²) in [7, 11) is 0. The maximum absolute atomic E-state index is 12.2. The molecule has 4 rings (SSSR count). The molecule has 0 saturated carbocycles. The molecule has 0 radical (unpaired) electrons. The molecule has 1 aliphatic rings. The van der Waals surface area contributed by atoms with Crippen LogP contribution in [0, 0.1) is 0 Å². The summed E-state index contributed by atoms with van der Waals surface area (Å²) in [5, 5.41) is 7.93. The fourth-order valence-corrected chi connectivity index (χ4v) is 3.68. The zero-order valence-corrected chi connectivity index (χ0v) is 16.0. The first-order chi connectivity index (χ1) is 13.8. The van der Waals surface area contributed by atoms with Crippen molar-refractivity contribution in [3.8, 4) is 0 Å². The highest BCUT2D eigenvalue weighted by atomic mass is 16.5. The van der Waals surface area contributed by atoms with Crippen LogP contribution < -0.4 is 10.2 Å².